The van der Waals surface area contributed by atoms with Gasteiger partial charge >= 0.3 is 0 Å². The number of aliphatic imine (C=N–C) groups is 1. The molecule has 0 fully saturated rings. The van der Waals surface area contributed by atoms with Gasteiger partial charge < -0.3 is 0 Å². The van der Waals surface area contributed by atoms with Crippen molar-refractivity contribution in [3.8, 4) is 0 Å². The lowest BCUT2D eigenvalue weighted by molar-refractivity contribution is 1.28. The summed E-state index contributed by atoms with van der Waals surface area (Å²) in [5, 5.41) is 0.750. The zero-order chi connectivity index (χ0) is 11.3. The Kier molecular flexibility index (Phi) is 4.92. The summed E-state index contributed by atoms with van der Waals surface area (Å²) in [5.41, 5.74) is 2.12. The lowest BCUT2D eigenvalue weighted by Crippen LogP contribution is -1.82. The maximum Gasteiger partial charge on any atom is 0.0464 e. The van der Waals surface area contributed by atoms with Crippen LogP contribution in [0.25, 0.3) is 0 Å². The van der Waals surface area contributed by atoms with E-state index in [1.54, 1.807) is 11.8 Å². The second kappa shape index (κ2) is 5.99. The van der Waals surface area contributed by atoms with Crippen LogP contribution >= 0.6 is 23.4 Å². The minimum Gasteiger partial charge on any atom is -0.260 e. The van der Waals surface area contributed by atoms with E-state index in [0.29, 0.717) is 0 Å². The number of benzene rings is 1. The predicted octanol–water partition coefficient (Wildman–Crippen LogP) is 4.37. The molecule has 0 unspecified atom stereocenters. The lowest BCUT2D eigenvalue weighted by atomic mass is 10.2. The molecule has 80 valence electrons. The Balaban J connectivity index is 2.78. The molecule has 0 heterocycles. The Hall–Kier alpha value is -0.730. The van der Waals surface area contributed by atoms with E-state index in [4.69, 9.17) is 11.6 Å². The zero-order valence-electron chi connectivity index (χ0n) is 9.12. The molecule has 1 aromatic rings. The lowest BCUT2D eigenvalue weighted by Gasteiger charge is -1.98. The normalized spacial score (nSPS) is 13.1. The molecule has 0 saturated carbocycles. The van der Waals surface area contributed by atoms with Crippen molar-refractivity contribution in [3.05, 3.63) is 45.5 Å². The first-order chi connectivity index (χ1) is 7.13. The summed E-state index contributed by atoms with van der Waals surface area (Å²) in [5.74, 6) is 0. The summed E-state index contributed by atoms with van der Waals surface area (Å²) in [6.07, 6.45) is 3.90. The first kappa shape index (κ1) is 12.3. The molecule has 15 heavy (non-hydrogen) atoms. The van der Waals surface area contributed by atoms with Crippen molar-refractivity contribution >= 4 is 29.6 Å². The van der Waals surface area contributed by atoms with Gasteiger partial charge in [0.05, 0.1) is 0 Å². The van der Waals surface area contributed by atoms with Crippen molar-refractivity contribution in [2.24, 2.45) is 4.99 Å². The standard InChI is InChI=1S/C12H14ClNS/c1-9(10(2)15-3)14-8-11-4-6-12(13)7-5-11/h4-8H,1-3H3/b10-9-,14-8?. The van der Waals surface area contributed by atoms with Crippen LogP contribution in [-0.2, 0) is 0 Å². The van der Waals surface area contributed by atoms with E-state index < -0.39 is 0 Å². The second-order valence-electron chi connectivity index (χ2n) is 3.16. The summed E-state index contributed by atoms with van der Waals surface area (Å²) in [7, 11) is 0. The van der Waals surface area contributed by atoms with E-state index in [-0.39, 0.29) is 0 Å². The molecule has 0 spiro atoms. The molecule has 0 aliphatic heterocycles. The van der Waals surface area contributed by atoms with Crippen LogP contribution in [0.4, 0.5) is 0 Å². The molecule has 0 atom stereocenters. The van der Waals surface area contributed by atoms with Gasteiger partial charge in [-0.2, -0.15) is 0 Å². The van der Waals surface area contributed by atoms with Gasteiger partial charge in [-0.1, -0.05) is 23.7 Å². The number of hydrogen-bond acceptors (Lipinski definition) is 2. The number of halogens is 1. The molecular formula is C12H14ClNS. The topological polar surface area (TPSA) is 12.4 Å². The number of rotatable bonds is 3. The van der Waals surface area contributed by atoms with Crippen LogP contribution in [0.3, 0.4) is 0 Å². The number of hydrogen-bond donors (Lipinski definition) is 0. The van der Waals surface area contributed by atoms with Gasteiger partial charge in [0.25, 0.3) is 0 Å². The minimum absolute atomic E-state index is 0.750. The van der Waals surface area contributed by atoms with Crippen molar-refractivity contribution < 1.29 is 0 Å². The van der Waals surface area contributed by atoms with Gasteiger partial charge in [-0.25, -0.2) is 0 Å². The predicted molar refractivity (Wildman–Crippen MR) is 70.9 cm³/mol. The fourth-order valence-corrected chi connectivity index (χ4v) is 1.43. The molecule has 0 saturated heterocycles. The van der Waals surface area contributed by atoms with E-state index >= 15 is 0 Å². The van der Waals surface area contributed by atoms with E-state index in [1.807, 2.05) is 37.4 Å². The van der Waals surface area contributed by atoms with Gasteiger partial charge in [0.1, 0.15) is 0 Å². The van der Waals surface area contributed by atoms with Crippen LogP contribution in [0.2, 0.25) is 5.02 Å². The summed E-state index contributed by atoms with van der Waals surface area (Å²) in [6.45, 7) is 4.08. The molecule has 0 radical (unpaired) electrons. The van der Waals surface area contributed by atoms with Gasteiger partial charge in [0, 0.05) is 21.8 Å². The molecule has 0 aliphatic rings. The summed E-state index contributed by atoms with van der Waals surface area (Å²) >= 11 is 7.51. The van der Waals surface area contributed by atoms with E-state index in [1.165, 1.54) is 4.91 Å². The molecule has 0 bridgehead atoms. The molecule has 1 rings (SSSR count). The average Bonchev–Trinajstić information content (AvgIpc) is 2.26. The highest BCUT2D eigenvalue weighted by molar-refractivity contribution is 8.02. The minimum atomic E-state index is 0.750. The quantitative estimate of drug-likeness (QED) is 0.714. The highest BCUT2D eigenvalue weighted by atomic mass is 35.5. The first-order valence-corrected chi connectivity index (χ1v) is 6.25. The van der Waals surface area contributed by atoms with Gasteiger partial charge in [-0.3, -0.25) is 4.99 Å². The van der Waals surface area contributed by atoms with E-state index in [9.17, 15) is 0 Å². The third kappa shape index (κ3) is 4.10. The van der Waals surface area contributed by atoms with Gasteiger partial charge in [0.2, 0.25) is 0 Å². The maximum atomic E-state index is 5.79. The van der Waals surface area contributed by atoms with Crippen LogP contribution in [0, 0.1) is 0 Å². The molecule has 3 heteroatoms. The number of allylic oxidation sites excluding steroid dienone is 2. The summed E-state index contributed by atoms with van der Waals surface area (Å²) in [6, 6.07) is 7.63. The third-order valence-electron chi connectivity index (χ3n) is 2.09. The molecular weight excluding hydrogens is 226 g/mol. The summed E-state index contributed by atoms with van der Waals surface area (Å²) < 4.78 is 0. The van der Waals surface area contributed by atoms with Crippen molar-refractivity contribution in [2.45, 2.75) is 13.8 Å². The Bertz CT molecular complexity index is 379. The summed E-state index contributed by atoms with van der Waals surface area (Å²) in [4.78, 5) is 5.62. The Morgan fingerprint density at radius 2 is 1.87 bits per heavy atom. The van der Waals surface area contributed by atoms with Crippen LogP contribution in [0.15, 0.2) is 39.9 Å². The van der Waals surface area contributed by atoms with Crippen LogP contribution in [0.5, 0.6) is 0 Å². The average molecular weight is 240 g/mol. The number of nitrogens with zero attached hydrogens (tertiary/aromatic N) is 1. The fourth-order valence-electron chi connectivity index (χ4n) is 0.959. The fraction of sp³-hybridized carbons (Fsp3) is 0.250. The van der Waals surface area contributed by atoms with E-state index in [2.05, 4.69) is 18.2 Å². The van der Waals surface area contributed by atoms with Crippen molar-refractivity contribution in [3.63, 3.8) is 0 Å². The van der Waals surface area contributed by atoms with Gasteiger partial charge in [-0.15, -0.1) is 11.8 Å². The Morgan fingerprint density at radius 3 is 2.40 bits per heavy atom. The number of thioether (sulfide) groups is 1. The first-order valence-electron chi connectivity index (χ1n) is 4.64. The Morgan fingerprint density at radius 1 is 1.27 bits per heavy atom. The second-order valence-corrected chi connectivity index (χ2v) is 4.61. The van der Waals surface area contributed by atoms with E-state index in [0.717, 1.165) is 16.3 Å². The molecule has 0 N–H and O–H groups in total. The third-order valence-corrected chi connectivity index (χ3v) is 3.25. The highest BCUT2D eigenvalue weighted by Crippen LogP contribution is 2.16. The molecule has 1 nitrogen and oxygen atoms in total. The molecule has 0 amide bonds. The van der Waals surface area contributed by atoms with Crippen molar-refractivity contribution in [1.82, 2.24) is 0 Å². The Labute approximate surface area is 100 Å². The van der Waals surface area contributed by atoms with Gasteiger partial charge in [-0.05, 0) is 37.8 Å². The zero-order valence-corrected chi connectivity index (χ0v) is 10.7. The van der Waals surface area contributed by atoms with Crippen molar-refractivity contribution in [1.29, 1.82) is 0 Å². The maximum absolute atomic E-state index is 5.79. The smallest absolute Gasteiger partial charge is 0.0464 e. The SMILES string of the molecule is CS/C(C)=C(/C)N=Cc1ccc(Cl)cc1. The van der Waals surface area contributed by atoms with Crippen LogP contribution < -0.4 is 0 Å². The molecule has 1 aromatic carbocycles. The van der Waals surface area contributed by atoms with Crippen LogP contribution in [-0.4, -0.2) is 12.5 Å². The van der Waals surface area contributed by atoms with Crippen LogP contribution in [0.1, 0.15) is 19.4 Å². The largest absolute Gasteiger partial charge is 0.260 e. The monoisotopic (exact) mass is 239 g/mol. The van der Waals surface area contributed by atoms with Crippen molar-refractivity contribution in [2.75, 3.05) is 6.26 Å². The molecule has 0 aromatic heterocycles. The highest BCUT2D eigenvalue weighted by Gasteiger charge is 1.92. The molecule has 0 aliphatic carbocycles. The van der Waals surface area contributed by atoms with Gasteiger partial charge in [0.15, 0.2) is 0 Å².